The molecular formula is C16H21FN2O4S. The molecule has 1 heterocycles. The Kier molecular flexibility index (Phi) is 7.76. The molecule has 1 aromatic carbocycles. The summed E-state index contributed by atoms with van der Waals surface area (Å²) in [7, 11) is -2.16. The first-order valence-electron chi connectivity index (χ1n) is 7.18. The molecule has 6 nitrogen and oxygen atoms in total. The fraction of sp³-hybridized carbons (Fsp3) is 0.312. The van der Waals surface area contributed by atoms with Crippen LogP contribution in [0, 0.1) is 12.9 Å². The predicted octanol–water partition coefficient (Wildman–Crippen LogP) is 2.45. The largest absolute Gasteiger partial charge is 0.490 e. The van der Waals surface area contributed by atoms with Crippen molar-refractivity contribution in [3.63, 3.8) is 0 Å². The zero-order valence-corrected chi connectivity index (χ0v) is 14.5. The number of rotatable bonds is 5. The molecular weight excluding hydrogens is 335 g/mol. The monoisotopic (exact) mass is 356 g/mol. The average molecular weight is 356 g/mol. The van der Waals surface area contributed by atoms with E-state index >= 15 is 0 Å². The van der Waals surface area contributed by atoms with Gasteiger partial charge in [-0.3, -0.25) is 4.55 Å². The van der Waals surface area contributed by atoms with E-state index < -0.39 is 16.1 Å². The highest BCUT2D eigenvalue weighted by Gasteiger charge is 2.06. The van der Waals surface area contributed by atoms with Crippen molar-refractivity contribution in [3.8, 4) is 5.75 Å². The number of likely N-dealkylation sites (N-methyl/N-ethyl adjacent to an activating group) is 1. The number of benzene rings is 1. The number of aryl methyl sites for hydroxylation is 1. The lowest BCUT2D eigenvalue weighted by molar-refractivity contribution is 0.278. The summed E-state index contributed by atoms with van der Waals surface area (Å²) in [4.78, 5) is 3.40. The number of hydrogen-bond donors (Lipinski definition) is 2. The number of nitrogens with zero attached hydrogens (tertiary/aromatic N) is 1. The highest BCUT2D eigenvalue weighted by molar-refractivity contribution is 7.85. The Morgan fingerprint density at radius 3 is 2.33 bits per heavy atom. The standard InChI is InChI=1S/C9H13FN2O.C7H8O3S/c1-7(11-2)6-13-8-3-4-9(10)12-5-8;1-6-2-4-7(5-3-6)11(8,9)10/h3-5,7,11H,6H2,1-2H3;2-5H,1H3,(H,8,9,10)/t7-;/m0./s1. The van der Waals surface area contributed by atoms with Crippen LogP contribution in [0.4, 0.5) is 4.39 Å². The van der Waals surface area contributed by atoms with Crippen molar-refractivity contribution in [1.82, 2.24) is 10.3 Å². The molecule has 0 radical (unpaired) electrons. The van der Waals surface area contributed by atoms with Crippen molar-refractivity contribution >= 4 is 10.1 Å². The first kappa shape index (κ1) is 20.0. The van der Waals surface area contributed by atoms with Gasteiger partial charge in [0.2, 0.25) is 5.95 Å². The van der Waals surface area contributed by atoms with Crippen LogP contribution in [-0.4, -0.2) is 37.7 Å². The normalized spacial score (nSPS) is 12.0. The van der Waals surface area contributed by atoms with Gasteiger partial charge in [-0.25, -0.2) is 4.98 Å². The van der Waals surface area contributed by atoms with Crippen molar-refractivity contribution in [2.75, 3.05) is 13.7 Å². The maximum Gasteiger partial charge on any atom is 0.294 e. The van der Waals surface area contributed by atoms with Gasteiger partial charge in [0.15, 0.2) is 0 Å². The van der Waals surface area contributed by atoms with E-state index in [4.69, 9.17) is 9.29 Å². The number of pyridine rings is 1. The topological polar surface area (TPSA) is 88.5 Å². The van der Waals surface area contributed by atoms with Crippen molar-refractivity contribution in [1.29, 1.82) is 0 Å². The molecule has 2 rings (SSSR count). The Hall–Kier alpha value is -2.03. The first-order valence-corrected chi connectivity index (χ1v) is 8.62. The van der Waals surface area contributed by atoms with Gasteiger partial charge in [-0.2, -0.15) is 12.8 Å². The number of aromatic nitrogens is 1. The van der Waals surface area contributed by atoms with Gasteiger partial charge < -0.3 is 10.1 Å². The fourth-order valence-electron chi connectivity index (χ4n) is 1.46. The maximum atomic E-state index is 12.4. The molecule has 0 bridgehead atoms. The van der Waals surface area contributed by atoms with Gasteiger partial charge >= 0.3 is 0 Å². The maximum absolute atomic E-state index is 12.4. The van der Waals surface area contributed by atoms with Crippen LogP contribution in [0.3, 0.4) is 0 Å². The Morgan fingerprint density at radius 2 is 1.88 bits per heavy atom. The van der Waals surface area contributed by atoms with E-state index in [1.54, 1.807) is 18.2 Å². The fourth-order valence-corrected chi connectivity index (χ4v) is 1.94. The van der Waals surface area contributed by atoms with E-state index in [0.717, 1.165) is 5.56 Å². The lowest BCUT2D eigenvalue weighted by Crippen LogP contribution is -2.28. The van der Waals surface area contributed by atoms with Crippen LogP contribution in [-0.2, 0) is 10.1 Å². The third-order valence-electron chi connectivity index (χ3n) is 3.01. The molecule has 0 unspecified atom stereocenters. The lowest BCUT2D eigenvalue weighted by atomic mass is 10.2. The molecule has 0 aliphatic heterocycles. The minimum atomic E-state index is -4.02. The van der Waals surface area contributed by atoms with Crippen LogP contribution >= 0.6 is 0 Å². The molecule has 0 saturated heterocycles. The Balaban J connectivity index is 0.000000243. The van der Waals surface area contributed by atoms with E-state index in [0.29, 0.717) is 12.4 Å². The van der Waals surface area contributed by atoms with E-state index in [1.165, 1.54) is 24.4 Å². The summed E-state index contributed by atoms with van der Waals surface area (Å²) in [5, 5.41) is 3.03. The second-order valence-electron chi connectivity index (χ2n) is 5.11. The average Bonchev–Trinajstić information content (AvgIpc) is 2.54. The molecule has 0 fully saturated rings. The highest BCUT2D eigenvalue weighted by atomic mass is 32.2. The Labute approximate surface area is 141 Å². The molecule has 132 valence electrons. The van der Waals surface area contributed by atoms with Crippen molar-refractivity contribution in [3.05, 3.63) is 54.1 Å². The summed E-state index contributed by atoms with van der Waals surface area (Å²) >= 11 is 0. The molecule has 1 aromatic heterocycles. The quantitative estimate of drug-likeness (QED) is 0.632. The van der Waals surface area contributed by atoms with Gasteiger partial charge in [0.1, 0.15) is 12.4 Å². The van der Waals surface area contributed by atoms with Gasteiger partial charge in [0, 0.05) is 6.04 Å². The number of halogens is 1. The van der Waals surface area contributed by atoms with Crippen molar-refractivity contribution in [2.24, 2.45) is 0 Å². The first-order chi connectivity index (χ1) is 11.2. The highest BCUT2D eigenvalue weighted by Crippen LogP contribution is 2.09. The minimum absolute atomic E-state index is 0.0666. The zero-order valence-electron chi connectivity index (χ0n) is 13.7. The molecule has 0 aliphatic carbocycles. The van der Waals surface area contributed by atoms with Gasteiger partial charge in [-0.1, -0.05) is 17.7 Å². The molecule has 0 spiro atoms. The third-order valence-corrected chi connectivity index (χ3v) is 3.88. The molecule has 2 aromatic rings. The molecule has 2 N–H and O–H groups in total. The van der Waals surface area contributed by atoms with E-state index in [1.807, 2.05) is 20.9 Å². The summed E-state index contributed by atoms with van der Waals surface area (Å²) in [6, 6.07) is 9.09. The van der Waals surface area contributed by atoms with Crippen LogP contribution in [0.1, 0.15) is 12.5 Å². The molecule has 0 amide bonds. The number of nitrogens with one attached hydrogen (secondary N) is 1. The van der Waals surface area contributed by atoms with E-state index in [2.05, 4.69) is 10.3 Å². The van der Waals surface area contributed by atoms with Gasteiger partial charge in [-0.15, -0.1) is 0 Å². The summed E-state index contributed by atoms with van der Waals surface area (Å²) in [5.74, 6) is 0.0949. The summed E-state index contributed by atoms with van der Waals surface area (Å²) in [6.45, 7) is 4.38. The van der Waals surface area contributed by atoms with Crippen LogP contribution < -0.4 is 10.1 Å². The van der Waals surface area contributed by atoms with Crippen molar-refractivity contribution < 1.29 is 22.1 Å². The predicted molar refractivity (Wildman–Crippen MR) is 89.2 cm³/mol. The summed E-state index contributed by atoms with van der Waals surface area (Å²) < 4.78 is 47.2. The second kappa shape index (κ2) is 9.31. The summed E-state index contributed by atoms with van der Waals surface area (Å²) in [5.41, 5.74) is 0.956. The zero-order chi connectivity index (χ0) is 18.2. The van der Waals surface area contributed by atoms with Gasteiger partial charge in [-0.05, 0) is 45.2 Å². The smallest absolute Gasteiger partial charge is 0.294 e. The minimum Gasteiger partial charge on any atom is -0.490 e. The van der Waals surface area contributed by atoms with Crippen molar-refractivity contribution in [2.45, 2.75) is 24.8 Å². The molecule has 1 atom stereocenters. The van der Waals surface area contributed by atoms with Crippen LogP contribution in [0.5, 0.6) is 5.75 Å². The second-order valence-corrected chi connectivity index (χ2v) is 6.53. The third kappa shape index (κ3) is 7.49. The van der Waals surface area contributed by atoms with Crippen LogP contribution in [0.25, 0.3) is 0 Å². The van der Waals surface area contributed by atoms with E-state index in [9.17, 15) is 12.8 Å². The van der Waals surface area contributed by atoms with Gasteiger partial charge in [0.25, 0.3) is 10.1 Å². The van der Waals surface area contributed by atoms with Crippen LogP contribution in [0.15, 0.2) is 47.5 Å². The lowest BCUT2D eigenvalue weighted by Gasteiger charge is -2.11. The Bertz CT molecular complexity index is 719. The van der Waals surface area contributed by atoms with Gasteiger partial charge in [0.05, 0.1) is 11.1 Å². The molecule has 0 aliphatic rings. The number of ether oxygens (including phenoxy) is 1. The van der Waals surface area contributed by atoms with E-state index in [-0.39, 0.29) is 10.9 Å². The number of hydrogen-bond acceptors (Lipinski definition) is 5. The molecule has 24 heavy (non-hydrogen) atoms. The SMILES string of the molecule is CN[C@@H](C)COc1ccc(F)nc1.Cc1ccc(S(=O)(=O)O)cc1. The molecule has 8 heteroatoms. The summed E-state index contributed by atoms with van der Waals surface area (Å²) in [6.07, 6.45) is 1.37. The Morgan fingerprint density at radius 1 is 1.25 bits per heavy atom. The van der Waals surface area contributed by atoms with Crippen LogP contribution in [0.2, 0.25) is 0 Å². The molecule has 0 saturated carbocycles.